The first-order chi connectivity index (χ1) is 7.99. The van der Waals surface area contributed by atoms with Crippen molar-refractivity contribution in [1.29, 1.82) is 0 Å². The molecule has 17 heavy (non-hydrogen) atoms. The minimum Gasteiger partial charge on any atom is -0.399 e. The maximum atomic E-state index is 11.7. The molecule has 0 fully saturated rings. The molecule has 0 saturated heterocycles. The summed E-state index contributed by atoms with van der Waals surface area (Å²) in [6, 6.07) is 4.54. The molecule has 94 valence electrons. The molecule has 0 aliphatic carbocycles. The second kappa shape index (κ2) is 6.36. The van der Waals surface area contributed by atoms with Crippen LogP contribution in [-0.4, -0.2) is 25.5 Å². The molecule has 3 N–H and O–H groups in total. The molecule has 0 saturated carbocycles. The van der Waals surface area contributed by atoms with E-state index in [1.54, 1.807) is 6.07 Å². The lowest BCUT2D eigenvalue weighted by Gasteiger charge is -2.08. The van der Waals surface area contributed by atoms with Gasteiger partial charge in [-0.1, -0.05) is 11.6 Å². The third-order valence-corrected chi connectivity index (χ3v) is 2.06. The van der Waals surface area contributed by atoms with Gasteiger partial charge in [-0.3, -0.25) is 4.79 Å². The molecular weight excluding hydrogens is 254 g/mol. The van der Waals surface area contributed by atoms with Crippen molar-refractivity contribution < 1.29 is 18.3 Å². The van der Waals surface area contributed by atoms with Crippen LogP contribution in [0.1, 0.15) is 0 Å². The number of amides is 1. The van der Waals surface area contributed by atoms with Crippen molar-refractivity contribution in [2.24, 2.45) is 0 Å². The van der Waals surface area contributed by atoms with Crippen LogP contribution < -0.4 is 11.1 Å². The van der Waals surface area contributed by atoms with Crippen molar-refractivity contribution in [3.05, 3.63) is 23.2 Å². The lowest BCUT2D eigenvalue weighted by molar-refractivity contribution is -0.121. The summed E-state index contributed by atoms with van der Waals surface area (Å²) in [7, 11) is 0. The molecule has 0 unspecified atom stereocenters. The highest BCUT2D eigenvalue weighted by molar-refractivity contribution is 6.34. The van der Waals surface area contributed by atoms with E-state index < -0.39 is 25.5 Å². The molecule has 0 atom stereocenters. The van der Waals surface area contributed by atoms with Gasteiger partial charge in [0.15, 0.2) is 0 Å². The summed E-state index contributed by atoms with van der Waals surface area (Å²) in [5, 5.41) is 2.69. The Hall–Kier alpha value is -1.40. The highest BCUT2D eigenvalue weighted by Gasteiger charge is 2.08. The number of carbonyl (C=O) groups is 1. The van der Waals surface area contributed by atoms with E-state index in [2.05, 4.69) is 10.1 Å². The Morgan fingerprint density at radius 1 is 1.53 bits per heavy atom. The van der Waals surface area contributed by atoms with E-state index in [0.29, 0.717) is 11.4 Å². The SMILES string of the molecule is Nc1ccc(NC(=O)COCC(F)F)c(Cl)c1. The van der Waals surface area contributed by atoms with Gasteiger partial charge < -0.3 is 15.8 Å². The van der Waals surface area contributed by atoms with Crippen LogP contribution in [0, 0.1) is 0 Å². The Bertz CT molecular complexity index is 402. The van der Waals surface area contributed by atoms with Gasteiger partial charge in [-0.25, -0.2) is 8.78 Å². The van der Waals surface area contributed by atoms with Crippen LogP contribution in [0.4, 0.5) is 20.2 Å². The van der Waals surface area contributed by atoms with Gasteiger partial charge >= 0.3 is 0 Å². The fourth-order valence-electron chi connectivity index (χ4n) is 1.06. The Balaban J connectivity index is 2.45. The van der Waals surface area contributed by atoms with Gasteiger partial charge in [-0.2, -0.15) is 0 Å². The first-order valence-corrected chi connectivity index (χ1v) is 5.07. The second-order valence-corrected chi connectivity index (χ2v) is 3.60. The number of hydrogen-bond acceptors (Lipinski definition) is 3. The van der Waals surface area contributed by atoms with Crippen LogP contribution >= 0.6 is 11.6 Å². The number of halogens is 3. The minimum absolute atomic E-state index is 0.271. The molecule has 1 rings (SSSR count). The van der Waals surface area contributed by atoms with Crippen molar-refractivity contribution in [1.82, 2.24) is 0 Å². The van der Waals surface area contributed by atoms with E-state index in [-0.39, 0.29) is 5.02 Å². The summed E-state index contributed by atoms with van der Waals surface area (Å²) in [5.41, 5.74) is 6.28. The topological polar surface area (TPSA) is 64.3 Å². The van der Waals surface area contributed by atoms with Gasteiger partial charge in [-0.05, 0) is 18.2 Å². The smallest absolute Gasteiger partial charge is 0.261 e. The van der Waals surface area contributed by atoms with Crippen LogP contribution in [0.15, 0.2) is 18.2 Å². The fourth-order valence-corrected chi connectivity index (χ4v) is 1.30. The third kappa shape index (κ3) is 4.97. The van der Waals surface area contributed by atoms with Crippen molar-refractivity contribution in [2.45, 2.75) is 6.43 Å². The number of carbonyl (C=O) groups excluding carboxylic acids is 1. The van der Waals surface area contributed by atoms with E-state index in [9.17, 15) is 13.6 Å². The standard InChI is InChI=1S/C10H11ClF2N2O2/c11-7-3-6(14)1-2-8(7)15-10(16)5-17-4-9(12)13/h1-3,9H,4-5,14H2,(H,15,16). The maximum absolute atomic E-state index is 11.7. The molecule has 7 heteroatoms. The number of nitrogen functional groups attached to an aromatic ring is 1. The minimum atomic E-state index is -2.59. The predicted octanol–water partition coefficient (Wildman–Crippen LogP) is 2.14. The Kier molecular flexibility index (Phi) is 5.11. The van der Waals surface area contributed by atoms with E-state index in [1.807, 2.05) is 0 Å². The summed E-state index contributed by atoms with van der Waals surface area (Å²) >= 11 is 5.80. The van der Waals surface area contributed by atoms with Crippen LogP contribution in [0.25, 0.3) is 0 Å². The van der Waals surface area contributed by atoms with Gasteiger partial charge in [0, 0.05) is 5.69 Å². The molecule has 0 heterocycles. The number of benzene rings is 1. The van der Waals surface area contributed by atoms with Crippen LogP contribution in [0.5, 0.6) is 0 Å². The van der Waals surface area contributed by atoms with Crippen LogP contribution in [-0.2, 0) is 9.53 Å². The Morgan fingerprint density at radius 2 is 2.24 bits per heavy atom. The second-order valence-electron chi connectivity index (χ2n) is 3.19. The third-order valence-electron chi connectivity index (χ3n) is 1.74. The van der Waals surface area contributed by atoms with Crippen molar-refractivity contribution in [3.8, 4) is 0 Å². The zero-order chi connectivity index (χ0) is 12.8. The van der Waals surface area contributed by atoms with Gasteiger partial charge in [0.2, 0.25) is 5.91 Å². The molecule has 1 aromatic rings. The van der Waals surface area contributed by atoms with Gasteiger partial charge in [0.25, 0.3) is 6.43 Å². The monoisotopic (exact) mass is 264 g/mol. The van der Waals surface area contributed by atoms with E-state index in [4.69, 9.17) is 17.3 Å². The Labute approximate surface area is 102 Å². The maximum Gasteiger partial charge on any atom is 0.261 e. The lowest BCUT2D eigenvalue weighted by Crippen LogP contribution is -2.20. The van der Waals surface area contributed by atoms with Crippen molar-refractivity contribution in [2.75, 3.05) is 24.3 Å². The van der Waals surface area contributed by atoms with Crippen molar-refractivity contribution in [3.63, 3.8) is 0 Å². The summed E-state index contributed by atoms with van der Waals surface area (Å²) in [6.45, 7) is -1.23. The molecule has 0 aliphatic heterocycles. The van der Waals surface area contributed by atoms with E-state index in [0.717, 1.165) is 0 Å². The molecule has 4 nitrogen and oxygen atoms in total. The molecule has 0 aromatic heterocycles. The number of ether oxygens (including phenoxy) is 1. The summed E-state index contributed by atoms with van der Waals surface area (Å²) < 4.78 is 27.9. The van der Waals surface area contributed by atoms with Crippen LogP contribution in [0.2, 0.25) is 5.02 Å². The van der Waals surface area contributed by atoms with Crippen molar-refractivity contribution >= 4 is 28.9 Å². The number of hydrogen-bond donors (Lipinski definition) is 2. The molecular formula is C10H11ClF2N2O2. The van der Waals surface area contributed by atoms with E-state index >= 15 is 0 Å². The highest BCUT2D eigenvalue weighted by Crippen LogP contribution is 2.23. The van der Waals surface area contributed by atoms with Gasteiger partial charge in [0.1, 0.15) is 13.2 Å². The first kappa shape index (κ1) is 13.7. The molecule has 0 bridgehead atoms. The summed E-state index contributed by atoms with van der Waals surface area (Å²) in [5.74, 6) is -0.558. The average molecular weight is 265 g/mol. The fraction of sp³-hybridized carbons (Fsp3) is 0.300. The Morgan fingerprint density at radius 3 is 2.82 bits per heavy atom. The summed E-state index contributed by atoms with van der Waals surface area (Å²) in [4.78, 5) is 11.3. The predicted molar refractivity (Wildman–Crippen MR) is 61.3 cm³/mol. The summed E-state index contributed by atoms with van der Waals surface area (Å²) in [6.07, 6.45) is -2.59. The number of alkyl halides is 2. The molecule has 0 spiro atoms. The number of anilines is 2. The number of rotatable bonds is 5. The van der Waals surface area contributed by atoms with Gasteiger partial charge in [0.05, 0.1) is 10.7 Å². The zero-order valence-electron chi connectivity index (χ0n) is 8.75. The lowest BCUT2D eigenvalue weighted by atomic mass is 10.3. The van der Waals surface area contributed by atoms with E-state index in [1.165, 1.54) is 12.1 Å². The molecule has 1 aromatic carbocycles. The van der Waals surface area contributed by atoms with Gasteiger partial charge in [-0.15, -0.1) is 0 Å². The zero-order valence-corrected chi connectivity index (χ0v) is 9.51. The molecule has 1 amide bonds. The quantitative estimate of drug-likeness (QED) is 0.801. The first-order valence-electron chi connectivity index (χ1n) is 4.70. The average Bonchev–Trinajstić information content (AvgIpc) is 2.21. The molecule has 0 aliphatic rings. The number of nitrogens with two attached hydrogens (primary N) is 1. The molecule has 0 radical (unpaired) electrons. The largest absolute Gasteiger partial charge is 0.399 e. The highest BCUT2D eigenvalue weighted by atomic mass is 35.5. The van der Waals surface area contributed by atoms with Crippen LogP contribution in [0.3, 0.4) is 0 Å². The number of nitrogens with one attached hydrogen (secondary N) is 1. The normalized spacial score (nSPS) is 10.6.